The lowest BCUT2D eigenvalue weighted by molar-refractivity contribution is 0.457. The molecule has 0 saturated carbocycles. The Morgan fingerprint density at radius 3 is 2.92 bits per heavy atom. The molecule has 2 rings (SSSR count). The molecular formula is C10H14N2O. The van der Waals surface area contributed by atoms with Crippen molar-refractivity contribution in [1.82, 2.24) is 0 Å². The largest absolute Gasteiger partial charge is 0.505 e. The van der Waals surface area contributed by atoms with Crippen molar-refractivity contribution in [2.45, 2.75) is 25.3 Å². The van der Waals surface area contributed by atoms with E-state index in [2.05, 4.69) is 0 Å². The van der Waals surface area contributed by atoms with E-state index in [1.54, 1.807) is 6.07 Å². The van der Waals surface area contributed by atoms with Crippen LogP contribution in [0.1, 0.15) is 30.0 Å². The highest BCUT2D eigenvalue weighted by atomic mass is 16.3. The fraction of sp³-hybridized carbons (Fsp3) is 0.400. The smallest absolute Gasteiger partial charge is 0.141 e. The number of hydrogen-bond acceptors (Lipinski definition) is 3. The van der Waals surface area contributed by atoms with Crippen LogP contribution < -0.4 is 11.5 Å². The number of aromatic hydroxyl groups is 1. The predicted molar refractivity (Wildman–Crippen MR) is 52.4 cm³/mol. The summed E-state index contributed by atoms with van der Waals surface area (Å²) in [5.41, 5.74) is 14.0. The van der Waals surface area contributed by atoms with Gasteiger partial charge in [-0.25, -0.2) is 0 Å². The lowest BCUT2D eigenvalue weighted by Crippen LogP contribution is -2.17. The van der Waals surface area contributed by atoms with E-state index in [4.69, 9.17) is 11.5 Å². The van der Waals surface area contributed by atoms with Crippen LogP contribution in [0.2, 0.25) is 0 Å². The van der Waals surface area contributed by atoms with Crippen LogP contribution in [0.3, 0.4) is 0 Å². The van der Waals surface area contributed by atoms with E-state index in [9.17, 15) is 5.11 Å². The van der Waals surface area contributed by atoms with Gasteiger partial charge in [-0.05, 0) is 30.9 Å². The van der Waals surface area contributed by atoms with Crippen LogP contribution in [0.25, 0.3) is 0 Å². The molecule has 1 aromatic carbocycles. The Balaban J connectivity index is 2.56. The van der Waals surface area contributed by atoms with Gasteiger partial charge in [0.05, 0.1) is 5.69 Å². The van der Waals surface area contributed by atoms with Gasteiger partial charge < -0.3 is 16.6 Å². The maximum absolute atomic E-state index is 9.68. The first-order valence-corrected chi connectivity index (χ1v) is 4.56. The van der Waals surface area contributed by atoms with Crippen LogP contribution >= 0.6 is 0 Å². The number of fused-ring (bicyclic) bond motifs is 1. The van der Waals surface area contributed by atoms with Crippen LogP contribution in [0.15, 0.2) is 12.1 Å². The summed E-state index contributed by atoms with van der Waals surface area (Å²) in [6, 6.07) is 3.71. The van der Waals surface area contributed by atoms with Gasteiger partial charge in [0, 0.05) is 11.6 Å². The van der Waals surface area contributed by atoms with Gasteiger partial charge in [-0.15, -0.1) is 0 Å². The van der Waals surface area contributed by atoms with Crippen molar-refractivity contribution in [1.29, 1.82) is 0 Å². The summed E-state index contributed by atoms with van der Waals surface area (Å²) >= 11 is 0. The molecule has 1 unspecified atom stereocenters. The summed E-state index contributed by atoms with van der Waals surface area (Å²) < 4.78 is 0. The molecule has 3 heteroatoms. The predicted octanol–water partition coefficient (Wildman–Crippen LogP) is 1.31. The summed E-state index contributed by atoms with van der Waals surface area (Å²) in [6.45, 7) is 0. The molecule has 0 amide bonds. The van der Waals surface area contributed by atoms with Gasteiger partial charge in [0.15, 0.2) is 0 Å². The zero-order valence-corrected chi connectivity index (χ0v) is 7.46. The fourth-order valence-electron chi connectivity index (χ4n) is 1.93. The molecule has 0 aliphatic heterocycles. The first-order chi connectivity index (χ1) is 6.20. The normalized spacial score (nSPS) is 21.2. The van der Waals surface area contributed by atoms with E-state index in [-0.39, 0.29) is 11.8 Å². The molecule has 3 nitrogen and oxygen atoms in total. The van der Waals surface area contributed by atoms with Gasteiger partial charge in [0.2, 0.25) is 0 Å². The molecule has 0 saturated heterocycles. The first kappa shape index (κ1) is 8.38. The molecule has 13 heavy (non-hydrogen) atoms. The Hall–Kier alpha value is -1.22. The lowest BCUT2D eigenvalue weighted by Gasteiger charge is -2.23. The third kappa shape index (κ3) is 1.25. The monoisotopic (exact) mass is 178 g/mol. The number of phenols is 1. The van der Waals surface area contributed by atoms with Crippen LogP contribution in [-0.2, 0) is 6.42 Å². The molecule has 70 valence electrons. The molecule has 1 aliphatic rings. The van der Waals surface area contributed by atoms with Crippen molar-refractivity contribution in [2.24, 2.45) is 5.73 Å². The number of phenolic OH excluding ortho intramolecular Hbond substituents is 1. The molecule has 0 fully saturated rings. The Kier molecular flexibility index (Phi) is 1.88. The average Bonchev–Trinajstić information content (AvgIpc) is 2.12. The number of benzene rings is 1. The molecule has 1 atom stereocenters. The molecular weight excluding hydrogens is 164 g/mol. The number of rotatable bonds is 0. The number of anilines is 1. The fourth-order valence-corrected chi connectivity index (χ4v) is 1.93. The quantitative estimate of drug-likeness (QED) is 0.414. The summed E-state index contributed by atoms with van der Waals surface area (Å²) in [6.07, 6.45) is 2.92. The summed E-state index contributed by atoms with van der Waals surface area (Å²) in [5, 5.41) is 9.68. The van der Waals surface area contributed by atoms with Crippen LogP contribution in [0.4, 0.5) is 5.69 Å². The molecule has 0 spiro atoms. The minimum Gasteiger partial charge on any atom is -0.505 e. The molecule has 0 aromatic heterocycles. The topological polar surface area (TPSA) is 72.3 Å². The van der Waals surface area contributed by atoms with Crippen molar-refractivity contribution in [3.8, 4) is 5.75 Å². The Bertz CT molecular complexity index is 336. The lowest BCUT2D eigenvalue weighted by atomic mass is 9.87. The van der Waals surface area contributed by atoms with Crippen molar-refractivity contribution in [2.75, 3.05) is 5.73 Å². The molecule has 1 aliphatic carbocycles. The molecule has 5 N–H and O–H groups in total. The zero-order valence-electron chi connectivity index (χ0n) is 7.46. The number of nitrogens with two attached hydrogens (primary N) is 2. The van der Waals surface area contributed by atoms with E-state index in [0.717, 1.165) is 30.4 Å². The van der Waals surface area contributed by atoms with Crippen LogP contribution in [0.5, 0.6) is 5.75 Å². The highest BCUT2D eigenvalue weighted by molar-refractivity contribution is 5.59. The summed E-state index contributed by atoms with van der Waals surface area (Å²) in [4.78, 5) is 0. The minimum absolute atomic E-state index is 0.0650. The van der Waals surface area contributed by atoms with E-state index in [0.29, 0.717) is 5.69 Å². The Morgan fingerprint density at radius 2 is 2.15 bits per heavy atom. The van der Waals surface area contributed by atoms with Crippen molar-refractivity contribution in [3.63, 3.8) is 0 Å². The maximum Gasteiger partial charge on any atom is 0.141 e. The second kappa shape index (κ2) is 2.92. The maximum atomic E-state index is 9.68. The van der Waals surface area contributed by atoms with Gasteiger partial charge in [-0.2, -0.15) is 0 Å². The third-order valence-corrected chi connectivity index (χ3v) is 2.69. The highest BCUT2D eigenvalue weighted by Gasteiger charge is 2.20. The summed E-state index contributed by atoms with van der Waals surface area (Å²) in [7, 11) is 0. The zero-order chi connectivity index (χ0) is 9.42. The van der Waals surface area contributed by atoms with Crippen molar-refractivity contribution >= 4 is 5.69 Å². The second-order valence-electron chi connectivity index (χ2n) is 3.57. The van der Waals surface area contributed by atoms with E-state index < -0.39 is 0 Å². The highest BCUT2D eigenvalue weighted by Crippen LogP contribution is 2.36. The van der Waals surface area contributed by atoms with Crippen molar-refractivity contribution in [3.05, 3.63) is 23.3 Å². The summed E-state index contributed by atoms with van der Waals surface area (Å²) in [5.74, 6) is 0.229. The molecule has 0 heterocycles. The van der Waals surface area contributed by atoms with E-state index >= 15 is 0 Å². The number of hydrogen-bond donors (Lipinski definition) is 3. The van der Waals surface area contributed by atoms with Crippen LogP contribution in [-0.4, -0.2) is 5.11 Å². The van der Waals surface area contributed by atoms with E-state index in [1.165, 1.54) is 0 Å². The van der Waals surface area contributed by atoms with Gasteiger partial charge >= 0.3 is 0 Å². The minimum atomic E-state index is 0.0650. The van der Waals surface area contributed by atoms with Crippen LogP contribution in [0, 0.1) is 0 Å². The first-order valence-electron chi connectivity index (χ1n) is 4.56. The Labute approximate surface area is 77.4 Å². The average molecular weight is 178 g/mol. The van der Waals surface area contributed by atoms with Gasteiger partial charge in [0.25, 0.3) is 0 Å². The van der Waals surface area contributed by atoms with Gasteiger partial charge in [-0.3, -0.25) is 0 Å². The molecule has 0 bridgehead atoms. The SMILES string of the molecule is Nc1ccc2c(c1O)CCCC2N. The molecule has 0 radical (unpaired) electrons. The van der Waals surface area contributed by atoms with Gasteiger partial charge in [-0.1, -0.05) is 6.07 Å². The number of nitrogen functional groups attached to an aromatic ring is 1. The second-order valence-corrected chi connectivity index (χ2v) is 3.57. The molecule has 1 aromatic rings. The third-order valence-electron chi connectivity index (χ3n) is 2.69. The Morgan fingerprint density at radius 1 is 1.38 bits per heavy atom. The van der Waals surface area contributed by atoms with E-state index in [1.807, 2.05) is 6.07 Å². The standard InChI is InChI=1S/C10H14N2O/c11-8-3-1-2-7-6(8)4-5-9(12)10(7)13/h4-5,8,13H,1-3,11-12H2. The van der Waals surface area contributed by atoms with Crippen molar-refractivity contribution < 1.29 is 5.11 Å². The van der Waals surface area contributed by atoms with Gasteiger partial charge in [0.1, 0.15) is 5.75 Å².